The molecule has 1 saturated carbocycles. The molecule has 2 aromatic heterocycles. The summed E-state index contributed by atoms with van der Waals surface area (Å²) in [6, 6.07) is 14.0. The molecule has 35 heavy (non-hydrogen) atoms. The first kappa shape index (κ1) is 24.4. The Morgan fingerprint density at radius 1 is 1.09 bits per heavy atom. The summed E-state index contributed by atoms with van der Waals surface area (Å²) in [7, 11) is 0. The quantitative estimate of drug-likeness (QED) is 0.571. The highest BCUT2D eigenvalue weighted by Crippen LogP contribution is 2.32. The van der Waals surface area contributed by atoms with Crippen molar-refractivity contribution in [1.82, 2.24) is 25.0 Å². The van der Waals surface area contributed by atoms with Crippen molar-refractivity contribution in [3.8, 4) is 5.82 Å². The molecule has 2 N–H and O–H groups in total. The van der Waals surface area contributed by atoms with Crippen molar-refractivity contribution in [2.45, 2.75) is 38.7 Å². The van der Waals surface area contributed by atoms with E-state index in [0.717, 1.165) is 41.6 Å². The number of hydrogen-bond donors (Lipinski definition) is 2. The maximum atomic E-state index is 12.9. The predicted molar refractivity (Wildman–Crippen MR) is 120 cm³/mol. The van der Waals surface area contributed by atoms with Gasteiger partial charge in [-0.3, -0.25) is 9.69 Å². The van der Waals surface area contributed by atoms with Crippen molar-refractivity contribution in [1.29, 1.82) is 0 Å². The number of nitrogens with one attached hydrogen (secondary N) is 1. The molecule has 0 spiro atoms. The minimum atomic E-state index is -5.08. The van der Waals surface area contributed by atoms with Gasteiger partial charge in [-0.15, -0.1) is 0 Å². The van der Waals surface area contributed by atoms with E-state index in [1.54, 1.807) is 12.4 Å². The number of aromatic nitrogens is 3. The molecular weight excluding hydrogens is 463 g/mol. The lowest BCUT2D eigenvalue weighted by Gasteiger charge is -2.20. The van der Waals surface area contributed by atoms with Gasteiger partial charge in [0.1, 0.15) is 0 Å². The molecule has 11 heteroatoms. The number of carboxylic acid groups (broad SMARTS) is 1. The molecule has 184 valence electrons. The van der Waals surface area contributed by atoms with Gasteiger partial charge in [0.25, 0.3) is 5.91 Å². The van der Waals surface area contributed by atoms with Crippen LogP contribution >= 0.6 is 0 Å². The van der Waals surface area contributed by atoms with Gasteiger partial charge in [-0.25, -0.2) is 14.5 Å². The lowest BCUT2D eigenvalue weighted by Crippen LogP contribution is -2.27. The van der Waals surface area contributed by atoms with Gasteiger partial charge in [0.2, 0.25) is 0 Å². The normalized spacial score (nSPS) is 15.2. The summed E-state index contributed by atoms with van der Waals surface area (Å²) in [5.41, 5.74) is 3.79. The van der Waals surface area contributed by atoms with Crippen LogP contribution in [-0.2, 0) is 24.4 Å². The first-order chi connectivity index (χ1) is 16.7. The minimum absolute atomic E-state index is 0.0872. The van der Waals surface area contributed by atoms with E-state index in [1.807, 2.05) is 41.1 Å². The Labute approximate surface area is 199 Å². The number of rotatable bonds is 5. The van der Waals surface area contributed by atoms with Crippen molar-refractivity contribution >= 4 is 11.9 Å². The number of aliphatic carboxylic acids is 1. The number of carboxylic acids is 1. The maximum Gasteiger partial charge on any atom is 0.490 e. The second-order valence-electron chi connectivity index (χ2n) is 8.49. The molecule has 8 nitrogen and oxygen atoms in total. The Bertz CT molecular complexity index is 1190. The molecule has 3 heterocycles. The van der Waals surface area contributed by atoms with Gasteiger partial charge in [-0.2, -0.15) is 18.3 Å². The summed E-state index contributed by atoms with van der Waals surface area (Å²) in [6.45, 7) is 3.12. The van der Waals surface area contributed by atoms with Crippen LogP contribution in [0.15, 0.2) is 54.9 Å². The van der Waals surface area contributed by atoms with Gasteiger partial charge >= 0.3 is 12.1 Å². The van der Waals surface area contributed by atoms with Crippen molar-refractivity contribution in [2.24, 2.45) is 5.92 Å². The van der Waals surface area contributed by atoms with Crippen molar-refractivity contribution < 1.29 is 27.9 Å². The van der Waals surface area contributed by atoms with E-state index in [1.165, 1.54) is 12.8 Å². The van der Waals surface area contributed by atoms with E-state index >= 15 is 0 Å². The number of alkyl halides is 3. The van der Waals surface area contributed by atoms with Gasteiger partial charge in [0, 0.05) is 37.9 Å². The molecule has 0 radical (unpaired) electrons. The van der Waals surface area contributed by atoms with E-state index in [0.29, 0.717) is 18.7 Å². The molecular formula is C24H24F3N5O3. The van der Waals surface area contributed by atoms with Crippen LogP contribution in [0.1, 0.15) is 40.0 Å². The SMILES string of the molecule is O=C(NCc1ccccc1)c1cnn2c1CN(CC1CC1)Cc1cccnc1-2.O=C(O)C(F)(F)F. The van der Waals surface area contributed by atoms with Crippen molar-refractivity contribution in [2.75, 3.05) is 6.54 Å². The fourth-order valence-electron chi connectivity index (χ4n) is 3.82. The molecule has 0 unspecified atom stereocenters. The summed E-state index contributed by atoms with van der Waals surface area (Å²) in [5, 5.41) is 14.7. The molecule has 1 aliphatic carbocycles. The van der Waals surface area contributed by atoms with Gasteiger partial charge in [0.15, 0.2) is 5.82 Å². The molecule has 5 rings (SSSR count). The monoisotopic (exact) mass is 487 g/mol. The minimum Gasteiger partial charge on any atom is -0.475 e. The number of pyridine rings is 1. The van der Waals surface area contributed by atoms with Crippen LogP contribution < -0.4 is 5.32 Å². The van der Waals surface area contributed by atoms with E-state index < -0.39 is 12.1 Å². The number of fused-ring (bicyclic) bond motifs is 3. The molecule has 3 aromatic rings. The third-order valence-electron chi connectivity index (χ3n) is 5.70. The van der Waals surface area contributed by atoms with Crippen LogP contribution in [0, 0.1) is 5.92 Å². The van der Waals surface area contributed by atoms with Gasteiger partial charge in [-0.1, -0.05) is 36.4 Å². The van der Waals surface area contributed by atoms with E-state index in [2.05, 4.69) is 26.4 Å². The second kappa shape index (κ2) is 10.3. The van der Waals surface area contributed by atoms with E-state index in [9.17, 15) is 18.0 Å². The summed E-state index contributed by atoms with van der Waals surface area (Å²) in [5.74, 6) is -1.23. The number of hydrogen-bond acceptors (Lipinski definition) is 5. The Hall–Kier alpha value is -3.73. The van der Waals surface area contributed by atoms with Crippen molar-refractivity contribution in [3.05, 3.63) is 77.2 Å². The van der Waals surface area contributed by atoms with Crippen LogP contribution in [0.2, 0.25) is 0 Å². The predicted octanol–water partition coefficient (Wildman–Crippen LogP) is 3.56. The highest BCUT2D eigenvalue weighted by molar-refractivity contribution is 5.95. The summed E-state index contributed by atoms with van der Waals surface area (Å²) < 4.78 is 33.6. The Kier molecular flexibility index (Phi) is 7.15. The first-order valence-corrected chi connectivity index (χ1v) is 11.1. The zero-order valence-electron chi connectivity index (χ0n) is 18.7. The molecule has 1 amide bonds. The third kappa shape index (κ3) is 6.24. The van der Waals surface area contributed by atoms with Crippen LogP contribution in [-0.4, -0.2) is 49.4 Å². The fourth-order valence-corrected chi connectivity index (χ4v) is 3.82. The fraction of sp³-hybridized carbons (Fsp3) is 0.333. The molecule has 1 aliphatic heterocycles. The molecule has 2 aliphatic rings. The second-order valence-corrected chi connectivity index (χ2v) is 8.49. The van der Waals surface area contributed by atoms with E-state index in [-0.39, 0.29) is 5.91 Å². The standard InChI is InChI=1S/C22H23N5O.C2HF3O2/c28-22(24-11-16-5-2-1-3-6-16)19-12-25-27-20(19)15-26(13-17-8-9-17)14-18-7-4-10-23-21(18)27;3-2(4,5)1(6)7/h1-7,10,12,17H,8-9,11,13-15H2,(H,24,28);(H,6,7). The maximum absolute atomic E-state index is 12.9. The molecule has 0 bridgehead atoms. The highest BCUT2D eigenvalue weighted by atomic mass is 19.4. The molecule has 0 atom stereocenters. The highest BCUT2D eigenvalue weighted by Gasteiger charge is 2.38. The van der Waals surface area contributed by atoms with Crippen LogP contribution in [0.3, 0.4) is 0 Å². The molecule has 1 fully saturated rings. The Balaban J connectivity index is 0.000000364. The molecule has 1 aromatic carbocycles. The van der Waals surface area contributed by atoms with Crippen LogP contribution in [0.5, 0.6) is 0 Å². The van der Waals surface area contributed by atoms with Crippen LogP contribution in [0.4, 0.5) is 13.2 Å². The number of carbonyl (C=O) groups is 2. The summed E-state index contributed by atoms with van der Waals surface area (Å²) in [6.07, 6.45) is 0.991. The average molecular weight is 487 g/mol. The third-order valence-corrected chi connectivity index (χ3v) is 5.70. The smallest absolute Gasteiger partial charge is 0.475 e. The first-order valence-electron chi connectivity index (χ1n) is 11.1. The number of carbonyl (C=O) groups excluding carboxylic acids is 1. The largest absolute Gasteiger partial charge is 0.490 e. The molecule has 0 saturated heterocycles. The number of halogens is 3. The van der Waals surface area contributed by atoms with Gasteiger partial charge in [0.05, 0.1) is 17.5 Å². The lowest BCUT2D eigenvalue weighted by molar-refractivity contribution is -0.192. The number of nitrogens with zero attached hydrogens (tertiary/aromatic N) is 4. The Morgan fingerprint density at radius 2 is 1.80 bits per heavy atom. The van der Waals surface area contributed by atoms with Crippen molar-refractivity contribution in [3.63, 3.8) is 0 Å². The van der Waals surface area contributed by atoms with Gasteiger partial charge in [-0.05, 0) is 30.4 Å². The topological polar surface area (TPSA) is 100 Å². The van der Waals surface area contributed by atoms with E-state index in [4.69, 9.17) is 9.90 Å². The lowest BCUT2D eigenvalue weighted by atomic mass is 10.2. The average Bonchev–Trinajstić information content (AvgIpc) is 3.58. The zero-order valence-corrected chi connectivity index (χ0v) is 18.7. The Morgan fingerprint density at radius 3 is 2.46 bits per heavy atom. The van der Waals surface area contributed by atoms with Crippen LogP contribution in [0.25, 0.3) is 5.82 Å². The van der Waals surface area contributed by atoms with Gasteiger partial charge < -0.3 is 10.4 Å². The number of amides is 1. The summed E-state index contributed by atoms with van der Waals surface area (Å²) in [4.78, 5) is 28.8. The zero-order chi connectivity index (χ0) is 25.0. The number of benzene rings is 1. The summed E-state index contributed by atoms with van der Waals surface area (Å²) >= 11 is 0.